The van der Waals surface area contributed by atoms with Crippen molar-refractivity contribution in [2.75, 3.05) is 18.0 Å². The number of benzene rings is 2. The number of rotatable bonds is 3. The molecule has 1 heterocycles. The van der Waals surface area contributed by atoms with Crippen LogP contribution in [0.3, 0.4) is 0 Å². The molecule has 1 heteroatoms. The van der Waals surface area contributed by atoms with Gasteiger partial charge in [-0.1, -0.05) is 37.1 Å². The number of hydrogen-bond acceptors (Lipinski definition) is 1. The molecule has 1 nitrogen and oxygen atoms in total. The third-order valence-corrected chi connectivity index (χ3v) is 5.27. The summed E-state index contributed by atoms with van der Waals surface area (Å²) in [5, 5.41) is 0. The maximum Gasteiger partial charge on any atom is 0.0372 e. The fourth-order valence-electron chi connectivity index (χ4n) is 3.42. The summed E-state index contributed by atoms with van der Waals surface area (Å²) < 4.78 is 0. The summed E-state index contributed by atoms with van der Waals surface area (Å²) in [6.07, 6.45) is 10.4. The number of anilines is 1. The zero-order valence-corrected chi connectivity index (χ0v) is 15.5. The molecule has 2 aromatic carbocycles. The predicted octanol–water partition coefficient (Wildman–Crippen LogP) is 5.77. The maximum atomic E-state index is 5.55. The van der Waals surface area contributed by atoms with E-state index in [2.05, 4.69) is 74.1 Å². The van der Waals surface area contributed by atoms with E-state index in [0.717, 1.165) is 24.6 Å². The standard InChI is InChI=1S/C24H27N/c1-5-21-10-9-19(3)23(16-21)15-20(4)22-7-6-8-24(17-22)25-13-11-18(2)12-14-25/h1,6-10,15-18H,11-14H2,2-4H3/b20-15+. The highest BCUT2D eigenvalue weighted by Crippen LogP contribution is 2.27. The molecule has 0 N–H and O–H groups in total. The van der Waals surface area contributed by atoms with Gasteiger partial charge in [-0.25, -0.2) is 0 Å². The Hall–Kier alpha value is -2.46. The van der Waals surface area contributed by atoms with E-state index in [9.17, 15) is 0 Å². The second kappa shape index (κ2) is 7.62. The molecule has 1 aliphatic rings. The monoisotopic (exact) mass is 329 g/mol. The molecule has 1 fully saturated rings. The summed E-state index contributed by atoms with van der Waals surface area (Å²) in [5.74, 6) is 3.58. The fraction of sp³-hybridized carbons (Fsp3) is 0.333. The first kappa shape index (κ1) is 17.4. The summed E-state index contributed by atoms with van der Waals surface area (Å²) in [4.78, 5) is 2.51. The zero-order chi connectivity index (χ0) is 17.8. The maximum absolute atomic E-state index is 5.55. The Morgan fingerprint density at radius 3 is 2.64 bits per heavy atom. The Labute approximate surface area is 152 Å². The van der Waals surface area contributed by atoms with Crippen molar-refractivity contribution >= 4 is 17.3 Å². The first-order chi connectivity index (χ1) is 12.1. The molecule has 1 aliphatic heterocycles. The van der Waals surface area contributed by atoms with Gasteiger partial charge in [0.1, 0.15) is 0 Å². The van der Waals surface area contributed by atoms with E-state index >= 15 is 0 Å². The van der Waals surface area contributed by atoms with Gasteiger partial charge >= 0.3 is 0 Å². The van der Waals surface area contributed by atoms with E-state index < -0.39 is 0 Å². The lowest BCUT2D eigenvalue weighted by atomic mass is 9.97. The number of hydrogen-bond donors (Lipinski definition) is 0. The minimum atomic E-state index is 0.854. The van der Waals surface area contributed by atoms with Crippen LogP contribution < -0.4 is 4.90 Å². The first-order valence-corrected chi connectivity index (χ1v) is 9.18. The van der Waals surface area contributed by atoms with Crippen LogP contribution in [0.2, 0.25) is 0 Å². The largest absolute Gasteiger partial charge is 0.371 e. The predicted molar refractivity (Wildman–Crippen MR) is 110 cm³/mol. The Morgan fingerprint density at radius 1 is 1.16 bits per heavy atom. The third-order valence-electron chi connectivity index (χ3n) is 5.27. The quantitative estimate of drug-likeness (QED) is 0.510. The Balaban J connectivity index is 1.86. The van der Waals surface area contributed by atoms with Gasteiger partial charge in [-0.15, -0.1) is 6.42 Å². The average molecular weight is 329 g/mol. The molecule has 0 amide bonds. The van der Waals surface area contributed by atoms with Gasteiger partial charge in [0.25, 0.3) is 0 Å². The number of allylic oxidation sites excluding steroid dienone is 1. The average Bonchev–Trinajstić information content (AvgIpc) is 2.64. The minimum absolute atomic E-state index is 0.854. The van der Waals surface area contributed by atoms with Gasteiger partial charge in [-0.3, -0.25) is 0 Å². The Bertz CT molecular complexity index is 814. The first-order valence-electron chi connectivity index (χ1n) is 9.18. The van der Waals surface area contributed by atoms with Crippen LogP contribution >= 0.6 is 0 Å². The van der Waals surface area contributed by atoms with Crippen LogP contribution in [0.1, 0.15) is 48.9 Å². The molecule has 3 rings (SSSR count). The van der Waals surface area contributed by atoms with Gasteiger partial charge in [-0.2, -0.15) is 0 Å². The number of nitrogens with zero attached hydrogens (tertiary/aromatic N) is 1. The summed E-state index contributed by atoms with van der Waals surface area (Å²) >= 11 is 0. The third kappa shape index (κ3) is 4.15. The molecular formula is C24H27N. The molecule has 0 aromatic heterocycles. The fourth-order valence-corrected chi connectivity index (χ4v) is 3.42. The SMILES string of the molecule is C#Cc1ccc(C)c(/C=C(\C)c2cccc(N3CCC(C)CC3)c2)c1. The van der Waals surface area contributed by atoms with Crippen molar-refractivity contribution in [2.24, 2.45) is 5.92 Å². The van der Waals surface area contributed by atoms with Crippen molar-refractivity contribution in [1.82, 2.24) is 0 Å². The van der Waals surface area contributed by atoms with Crippen LogP contribution in [0.4, 0.5) is 5.69 Å². The van der Waals surface area contributed by atoms with Gasteiger partial charge in [0, 0.05) is 24.3 Å². The van der Waals surface area contributed by atoms with Crippen LogP contribution in [0.5, 0.6) is 0 Å². The van der Waals surface area contributed by atoms with Crippen molar-refractivity contribution in [2.45, 2.75) is 33.6 Å². The molecule has 0 atom stereocenters. The van der Waals surface area contributed by atoms with E-state index in [1.165, 1.54) is 40.8 Å². The molecule has 0 spiro atoms. The van der Waals surface area contributed by atoms with Crippen LogP contribution in [-0.4, -0.2) is 13.1 Å². The Morgan fingerprint density at radius 2 is 1.92 bits per heavy atom. The second-order valence-corrected chi connectivity index (χ2v) is 7.26. The van der Waals surface area contributed by atoms with Gasteiger partial charge in [0.2, 0.25) is 0 Å². The van der Waals surface area contributed by atoms with Crippen LogP contribution in [0, 0.1) is 25.2 Å². The van der Waals surface area contributed by atoms with E-state index in [0.29, 0.717) is 0 Å². The van der Waals surface area contributed by atoms with E-state index in [4.69, 9.17) is 6.42 Å². The van der Waals surface area contributed by atoms with Gasteiger partial charge in [0.15, 0.2) is 0 Å². The van der Waals surface area contributed by atoms with Gasteiger partial charge < -0.3 is 4.90 Å². The highest BCUT2D eigenvalue weighted by atomic mass is 15.1. The molecule has 2 aromatic rings. The second-order valence-electron chi connectivity index (χ2n) is 7.26. The van der Waals surface area contributed by atoms with Crippen LogP contribution in [0.15, 0.2) is 42.5 Å². The topological polar surface area (TPSA) is 3.24 Å². The lowest BCUT2D eigenvalue weighted by molar-refractivity contribution is 0.438. The summed E-state index contributed by atoms with van der Waals surface area (Å²) in [7, 11) is 0. The highest BCUT2D eigenvalue weighted by molar-refractivity contribution is 5.82. The zero-order valence-electron chi connectivity index (χ0n) is 15.5. The molecular weight excluding hydrogens is 302 g/mol. The molecule has 128 valence electrons. The smallest absolute Gasteiger partial charge is 0.0372 e. The molecule has 0 bridgehead atoms. The summed E-state index contributed by atoms with van der Waals surface area (Å²) in [5.41, 5.74) is 7.27. The van der Waals surface area contributed by atoms with E-state index in [1.807, 2.05) is 6.07 Å². The van der Waals surface area contributed by atoms with Gasteiger partial charge in [0.05, 0.1) is 0 Å². The van der Waals surface area contributed by atoms with Crippen molar-refractivity contribution in [3.05, 3.63) is 64.7 Å². The van der Waals surface area contributed by atoms with E-state index in [-0.39, 0.29) is 0 Å². The molecule has 0 aliphatic carbocycles. The molecule has 0 saturated carbocycles. The Kier molecular flexibility index (Phi) is 5.29. The number of piperidine rings is 1. The van der Waals surface area contributed by atoms with Gasteiger partial charge in [-0.05, 0) is 79.1 Å². The highest BCUT2D eigenvalue weighted by Gasteiger charge is 2.16. The van der Waals surface area contributed by atoms with Crippen LogP contribution in [-0.2, 0) is 0 Å². The molecule has 0 radical (unpaired) electrons. The van der Waals surface area contributed by atoms with E-state index in [1.54, 1.807) is 0 Å². The van der Waals surface area contributed by atoms with Crippen molar-refractivity contribution < 1.29 is 0 Å². The molecule has 0 unspecified atom stereocenters. The molecule has 25 heavy (non-hydrogen) atoms. The van der Waals surface area contributed by atoms with Crippen molar-refractivity contribution in [3.8, 4) is 12.3 Å². The minimum Gasteiger partial charge on any atom is -0.371 e. The lowest BCUT2D eigenvalue weighted by Gasteiger charge is -2.32. The summed E-state index contributed by atoms with van der Waals surface area (Å²) in [6.45, 7) is 8.99. The summed E-state index contributed by atoms with van der Waals surface area (Å²) in [6, 6.07) is 15.1. The van der Waals surface area contributed by atoms with Crippen molar-refractivity contribution in [3.63, 3.8) is 0 Å². The normalized spacial score (nSPS) is 15.9. The van der Waals surface area contributed by atoms with Crippen molar-refractivity contribution in [1.29, 1.82) is 0 Å². The van der Waals surface area contributed by atoms with Crippen LogP contribution in [0.25, 0.3) is 11.6 Å². The number of aryl methyl sites for hydroxylation is 1. The molecule has 1 saturated heterocycles. The number of terminal acetylenes is 1. The lowest BCUT2D eigenvalue weighted by Crippen LogP contribution is -2.32.